The van der Waals surface area contributed by atoms with Gasteiger partial charge < -0.3 is 4.98 Å². The molecule has 1 aliphatic heterocycles. The molecule has 1 aromatic rings. The fourth-order valence-corrected chi connectivity index (χ4v) is 5.28. The normalized spacial score (nSPS) is 20.0. The first-order chi connectivity index (χ1) is 8.83. The van der Waals surface area contributed by atoms with Crippen molar-refractivity contribution in [3.05, 3.63) is 21.7 Å². The Morgan fingerprint density at radius 3 is 2.94 bits per heavy atom. The number of nitrogens with zero attached hydrogens (tertiary/aromatic N) is 1. The molecule has 0 unspecified atom stereocenters. The number of thioether (sulfide) groups is 2. The predicted octanol–water partition coefficient (Wildman–Crippen LogP) is 4.45. The molecule has 2 heterocycles. The van der Waals surface area contributed by atoms with Gasteiger partial charge in [-0.2, -0.15) is 23.5 Å². The molecule has 0 amide bonds. The fraction of sp³-hybridized carbons (Fsp3) is 0.692. The molecule has 1 saturated carbocycles. The van der Waals surface area contributed by atoms with E-state index in [4.69, 9.17) is 12.2 Å². The zero-order valence-corrected chi connectivity index (χ0v) is 12.9. The van der Waals surface area contributed by atoms with Crippen LogP contribution in [0.25, 0.3) is 0 Å². The summed E-state index contributed by atoms with van der Waals surface area (Å²) >= 11 is 9.37. The number of rotatable bonds is 3. The topological polar surface area (TPSA) is 28.7 Å². The highest BCUT2D eigenvalue weighted by Gasteiger charge is 2.17. The first kappa shape index (κ1) is 13.0. The molecule has 0 saturated heterocycles. The smallest absolute Gasteiger partial charge is 0.134 e. The fourth-order valence-electron chi connectivity index (χ4n) is 2.62. The van der Waals surface area contributed by atoms with E-state index in [1.54, 1.807) is 0 Å². The summed E-state index contributed by atoms with van der Waals surface area (Å²) in [5, 5.41) is 0.838. The lowest BCUT2D eigenvalue weighted by molar-refractivity contribution is 0.516. The third-order valence-electron chi connectivity index (χ3n) is 3.65. The summed E-state index contributed by atoms with van der Waals surface area (Å²) < 4.78 is 0.827. The Bertz CT molecular complexity index is 478. The van der Waals surface area contributed by atoms with E-state index in [0.717, 1.165) is 33.0 Å². The molecule has 0 atom stereocenters. The van der Waals surface area contributed by atoms with Crippen molar-refractivity contribution in [1.29, 1.82) is 0 Å². The van der Waals surface area contributed by atoms with Gasteiger partial charge in [-0.05, 0) is 12.8 Å². The van der Waals surface area contributed by atoms with Crippen molar-refractivity contribution in [3.63, 3.8) is 0 Å². The van der Waals surface area contributed by atoms with Crippen LogP contribution in [0.2, 0.25) is 0 Å². The number of hydrogen-bond acceptors (Lipinski definition) is 4. The second kappa shape index (κ2) is 5.97. The molecule has 98 valence electrons. The largest absolute Gasteiger partial charge is 0.345 e. The zero-order chi connectivity index (χ0) is 12.4. The second-order valence-electron chi connectivity index (χ2n) is 5.01. The minimum absolute atomic E-state index is 0.827. The molecule has 0 radical (unpaired) electrons. The molecule has 1 aromatic heterocycles. The summed E-state index contributed by atoms with van der Waals surface area (Å²) in [7, 11) is 0. The summed E-state index contributed by atoms with van der Waals surface area (Å²) in [5.41, 5.74) is 2.58. The highest BCUT2D eigenvalue weighted by atomic mass is 32.2. The SMILES string of the molecule is S=c1nc(CSC2CCCCC2)[nH]c2c1CSC2. The highest BCUT2D eigenvalue weighted by Crippen LogP contribution is 2.32. The molecule has 2 aliphatic rings. The summed E-state index contributed by atoms with van der Waals surface area (Å²) in [5.74, 6) is 4.18. The number of aromatic nitrogens is 2. The standard InChI is InChI=1S/C13H18N2S3/c16-13-10-6-17-7-11(10)14-12(15-13)8-18-9-4-2-1-3-5-9/h9H,1-8H2,(H,14,15,16). The predicted molar refractivity (Wildman–Crippen MR) is 82.6 cm³/mol. The van der Waals surface area contributed by atoms with Crippen LogP contribution in [0.1, 0.15) is 49.2 Å². The lowest BCUT2D eigenvalue weighted by atomic mass is 10.0. The molecule has 0 bridgehead atoms. The van der Waals surface area contributed by atoms with Gasteiger partial charge in [0, 0.05) is 28.0 Å². The molecule has 1 aliphatic carbocycles. The van der Waals surface area contributed by atoms with E-state index in [1.165, 1.54) is 43.4 Å². The Labute approximate surface area is 122 Å². The first-order valence-corrected chi connectivity index (χ1v) is 9.24. The monoisotopic (exact) mass is 298 g/mol. The van der Waals surface area contributed by atoms with Gasteiger partial charge in [-0.3, -0.25) is 0 Å². The zero-order valence-electron chi connectivity index (χ0n) is 10.4. The van der Waals surface area contributed by atoms with Crippen LogP contribution >= 0.6 is 35.7 Å². The van der Waals surface area contributed by atoms with Gasteiger partial charge in [-0.25, -0.2) is 4.98 Å². The van der Waals surface area contributed by atoms with E-state index in [-0.39, 0.29) is 0 Å². The van der Waals surface area contributed by atoms with Crippen LogP contribution in [-0.2, 0) is 17.3 Å². The van der Waals surface area contributed by atoms with E-state index in [2.05, 4.69) is 21.7 Å². The van der Waals surface area contributed by atoms with Gasteiger partial charge in [0.2, 0.25) is 0 Å². The van der Waals surface area contributed by atoms with Crippen LogP contribution in [0.4, 0.5) is 0 Å². The molecule has 0 aromatic carbocycles. The van der Waals surface area contributed by atoms with Crippen LogP contribution in [-0.4, -0.2) is 15.2 Å². The number of nitrogens with one attached hydrogen (secondary N) is 1. The van der Waals surface area contributed by atoms with E-state index < -0.39 is 0 Å². The molecule has 5 heteroatoms. The van der Waals surface area contributed by atoms with Crippen molar-refractivity contribution >= 4 is 35.7 Å². The molecule has 18 heavy (non-hydrogen) atoms. The van der Waals surface area contributed by atoms with Gasteiger partial charge >= 0.3 is 0 Å². The van der Waals surface area contributed by atoms with E-state index in [1.807, 2.05) is 11.8 Å². The van der Waals surface area contributed by atoms with Crippen molar-refractivity contribution < 1.29 is 0 Å². The lowest BCUT2D eigenvalue weighted by Gasteiger charge is -2.20. The minimum atomic E-state index is 0.827. The van der Waals surface area contributed by atoms with Crippen LogP contribution in [0.5, 0.6) is 0 Å². The van der Waals surface area contributed by atoms with Crippen LogP contribution < -0.4 is 0 Å². The highest BCUT2D eigenvalue weighted by molar-refractivity contribution is 7.99. The number of aromatic amines is 1. The molecule has 3 rings (SSSR count). The van der Waals surface area contributed by atoms with Crippen LogP contribution in [0.3, 0.4) is 0 Å². The van der Waals surface area contributed by atoms with Crippen LogP contribution in [0.15, 0.2) is 0 Å². The van der Waals surface area contributed by atoms with Crippen LogP contribution in [0, 0.1) is 4.64 Å². The second-order valence-corrected chi connectivity index (χ2v) is 7.67. The summed E-state index contributed by atoms with van der Waals surface area (Å²) in [6.07, 6.45) is 7.00. The molecular weight excluding hydrogens is 280 g/mol. The summed E-state index contributed by atoms with van der Waals surface area (Å²) in [6.45, 7) is 0. The summed E-state index contributed by atoms with van der Waals surface area (Å²) in [4.78, 5) is 8.04. The van der Waals surface area contributed by atoms with Gasteiger partial charge in [-0.15, -0.1) is 0 Å². The quantitative estimate of drug-likeness (QED) is 0.835. The number of fused-ring (bicyclic) bond motifs is 1. The molecule has 1 N–H and O–H groups in total. The molecule has 1 fully saturated rings. The van der Waals surface area contributed by atoms with Gasteiger partial charge in [0.05, 0.1) is 5.75 Å². The van der Waals surface area contributed by atoms with Crippen molar-refractivity contribution in [3.8, 4) is 0 Å². The Hall–Kier alpha value is -0.000000000000000111. The van der Waals surface area contributed by atoms with E-state index in [9.17, 15) is 0 Å². The van der Waals surface area contributed by atoms with Crippen molar-refractivity contribution in [2.24, 2.45) is 0 Å². The third kappa shape index (κ3) is 2.94. The minimum Gasteiger partial charge on any atom is -0.345 e. The Balaban J connectivity index is 1.66. The summed E-state index contributed by atoms with van der Waals surface area (Å²) in [6, 6.07) is 0. The lowest BCUT2D eigenvalue weighted by Crippen LogP contribution is -2.09. The first-order valence-electron chi connectivity index (χ1n) is 6.63. The van der Waals surface area contributed by atoms with Gasteiger partial charge in [-0.1, -0.05) is 31.5 Å². The van der Waals surface area contributed by atoms with E-state index in [0.29, 0.717) is 0 Å². The Kier molecular flexibility index (Phi) is 4.31. The van der Waals surface area contributed by atoms with Crippen molar-refractivity contribution in [2.75, 3.05) is 0 Å². The number of hydrogen-bond donors (Lipinski definition) is 1. The van der Waals surface area contributed by atoms with Crippen molar-refractivity contribution in [2.45, 2.75) is 54.6 Å². The van der Waals surface area contributed by atoms with Gasteiger partial charge in [0.15, 0.2) is 0 Å². The molecule has 0 spiro atoms. The van der Waals surface area contributed by atoms with Gasteiger partial charge in [0.25, 0.3) is 0 Å². The maximum Gasteiger partial charge on any atom is 0.134 e. The molecule has 2 nitrogen and oxygen atoms in total. The van der Waals surface area contributed by atoms with Crippen molar-refractivity contribution in [1.82, 2.24) is 9.97 Å². The van der Waals surface area contributed by atoms with E-state index >= 15 is 0 Å². The maximum atomic E-state index is 5.38. The average molecular weight is 299 g/mol. The van der Waals surface area contributed by atoms with Gasteiger partial charge in [0.1, 0.15) is 10.5 Å². The Morgan fingerprint density at radius 1 is 1.28 bits per heavy atom. The molecular formula is C13H18N2S3. The number of H-pyrrole nitrogens is 1. The Morgan fingerprint density at radius 2 is 2.11 bits per heavy atom. The maximum absolute atomic E-state index is 5.38. The average Bonchev–Trinajstić information content (AvgIpc) is 2.86. The third-order valence-corrected chi connectivity index (χ3v) is 6.36.